The number of pyridine rings is 1. The molecule has 27 heavy (non-hydrogen) atoms. The molecule has 1 aromatic heterocycles. The normalized spacial score (nSPS) is 22.4. The van der Waals surface area contributed by atoms with Gasteiger partial charge in [0.1, 0.15) is 0 Å². The van der Waals surface area contributed by atoms with Crippen molar-refractivity contribution in [3.8, 4) is 0 Å². The first-order chi connectivity index (χ1) is 12.4. The summed E-state index contributed by atoms with van der Waals surface area (Å²) in [6.45, 7) is 1.86. The van der Waals surface area contributed by atoms with E-state index in [9.17, 15) is 36.2 Å². The highest BCUT2D eigenvalue weighted by molar-refractivity contribution is 5.86. The Morgan fingerprint density at radius 2 is 1.85 bits per heavy atom. The van der Waals surface area contributed by atoms with Gasteiger partial charge in [0.2, 0.25) is 5.56 Å². The third-order valence-electron chi connectivity index (χ3n) is 4.72. The van der Waals surface area contributed by atoms with E-state index < -0.39 is 35.6 Å². The summed E-state index contributed by atoms with van der Waals surface area (Å²) in [6, 6.07) is 2.78. The van der Waals surface area contributed by atoms with Crippen LogP contribution in [0.15, 0.2) is 29.1 Å². The van der Waals surface area contributed by atoms with E-state index in [2.05, 4.69) is 4.98 Å². The molecule has 1 aliphatic heterocycles. The quantitative estimate of drug-likeness (QED) is 0.764. The number of aliphatic hydroxyl groups excluding tert-OH is 1. The van der Waals surface area contributed by atoms with Gasteiger partial charge in [-0.15, -0.1) is 0 Å². The fourth-order valence-corrected chi connectivity index (χ4v) is 3.55. The third-order valence-corrected chi connectivity index (χ3v) is 4.72. The maximum Gasteiger partial charge on any atom is 0.417 e. The van der Waals surface area contributed by atoms with Crippen LogP contribution < -0.4 is 10.5 Å². The molecule has 0 saturated carbocycles. The molecule has 3 atom stereocenters. The SMILES string of the molecule is C[C@@H]1C[C@H]([C@@H](O)C(F)(F)F)N(c2ccc3[nH]c(=O)cc(C(F)(F)F)c3c2)C1. The van der Waals surface area contributed by atoms with Gasteiger partial charge in [-0.25, -0.2) is 0 Å². The van der Waals surface area contributed by atoms with Gasteiger partial charge in [0.15, 0.2) is 6.10 Å². The zero-order chi connectivity index (χ0) is 20.1. The lowest BCUT2D eigenvalue weighted by Gasteiger charge is -2.31. The van der Waals surface area contributed by atoms with Crippen molar-refractivity contribution in [3.05, 3.63) is 40.2 Å². The molecule has 0 radical (unpaired) electrons. The van der Waals surface area contributed by atoms with Crippen molar-refractivity contribution in [2.45, 2.75) is 37.8 Å². The molecule has 0 bridgehead atoms. The molecule has 1 aromatic carbocycles. The molecular formula is C17H16F6N2O2. The summed E-state index contributed by atoms with van der Waals surface area (Å²) < 4.78 is 78.7. The first-order valence-electron chi connectivity index (χ1n) is 8.13. The number of aromatic amines is 1. The number of aromatic nitrogens is 1. The van der Waals surface area contributed by atoms with E-state index in [4.69, 9.17) is 0 Å². The van der Waals surface area contributed by atoms with E-state index in [0.717, 1.165) is 6.07 Å². The minimum Gasteiger partial charge on any atom is -0.382 e. The molecule has 2 N–H and O–H groups in total. The van der Waals surface area contributed by atoms with E-state index in [1.54, 1.807) is 6.92 Å². The summed E-state index contributed by atoms with van der Waals surface area (Å²) in [5.41, 5.74) is -2.04. The first-order valence-corrected chi connectivity index (χ1v) is 8.13. The smallest absolute Gasteiger partial charge is 0.382 e. The second kappa shape index (κ2) is 6.43. The van der Waals surface area contributed by atoms with Crippen molar-refractivity contribution in [1.29, 1.82) is 0 Å². The Labute approximate surface area is 149 Å². The van der Waals surface area contributed by atoms with Crippen LogP contribution in [-0.2, 0) is 6.18 Å². The summed E-state index contributed by atoms with van der Waals surface area (Å²) in [4.78, 5) is 15.0. The summed E-state index contributed by atoms with van der Waals surface area (Å²) in [5.74, 6) is -0.180. The molecule has 1 saturated heterocycles. The molecule has 0 aliphatic carbocycles. The number of anilines is 1. The van der Waals surface area contributed by atoms with E-state index >= 15 is 0 Å². The Hall–Kier alpha value is -2.23. The molecule has 0 spiro atoms. The highest BCUT2D eigenvalue weighted by atomic mass is 19.4. The van der Waals surface area contributed by atoms with Crippen LogP contribution in [0.2, 0.25) is 0 Å². The van der Waals surface area contributed by atoms with Crippen LogP contribution in [-0.4, -0.2) is 35.0 Å². The maximum absolute atomic E-state index is 13.3. The summed E-state index contributed by atoms with van der Waals surface area (Å²) in [6.07, 6.45) is -12.2. The molecule has 3 rings (SSSR count). The van der Waals surface area contributed by atoms with E-state index in [0.29, 0.717) is 6.07 Å². The van der Waals surface area contributed by atoms with Gasteiger partial charge >= 0.3 is 12.4 Å². The number of hydrogen-bond donors (Lipinski definition) is 2. The van der Waals surface area contributed by atoms with Crippen LogP contribution in [0.5, 0.6) is 0 Å². The molecule has 0 unspecified atom stereocenters. The molecule has 0 amide bonds. The molecule has 10 heteroatoms. The minimum atomic E-state index is -4.84. The molecular weight excluding hydrogens is 378 g/mol. The zero-order valence-electron chi connectivity index (χ0n) is 14.0. The van der Waals surface area contributed by atoms with Crippen molar-refractivity contribution in [1.82, 2.24) is 4.98 Å². The number of hydrogen-bond acceptors (Lipinski definition) is 3. The number of rotatable bonds is 2. The molecule has 1 aliphatic rings. The minimum absolute atomic E-state index is 0.0520. The van der Waals surface area contributed by atoms with Crippen LogP contribution in [0.3, 0.4) is 0 Å². The topological polar surface area (TPSA) is 56.3 Å². The number of benzene rings is 1. The van der Waals surface area contributed by atoms with Gasteiger partial charge in [-0.1, -0.05) is 6.92 Å². The fourth-order valence-electron chi connectivity index (χ4n) is 3.55. The zero-order valence-corrected chi connectivity index (χ0v) is 14.0. The van der Waals surface area contributed by atoms with Crippen LogP contribution in [0.4, 0.5) is 32.0 Å². The van der Waals surface area contributed by atoms with Crippen LogP contribution >= 0.6 is 0 Å². The Morgan fingerprint density at radius 1 is 1.19 bits per heavy atom. The summed E-state index contributed by atoms with van der Waals surface area (Å²) in [5, 5.41) is 9.35. The largest absolute Gasteiger partial charge is 0.417 e. The van der Waals surface area contributed by atoms with Crippen molar-refractivity contribution >= 4 is 16.6 Å². The molecule has 4 nitrogen and oxygen atoms in total. The number of halogens is 6. The average molecular weight is 394 g/mol. The highest BCUT2D eigenvalue weighted by Crippen LogP contribution is 2.39. The predicted octanol–water partition coefficient (Wildman–Crippen LogP) is 3.68. The summed E-state index contributed by atoms with van der Waals surface area (Å²) in [7, 11) is 0. The molecule has 2 aromatic rings. The van der Waals surface area contributed by atoms with E-state index in [1.165, 1.54) is 17.0 Å². The fraction of sp³-hybridized carbons (Fsp3) is 0.471. The van der Waals surface area contributed by atoms with Gasteiger partial charge in [-0.2, -0.15) is 26.3 Å². The lowest BCUT2D eigenvalue weighted by atomic mass is 10.0. The standard InChI is InChI=1S/C17H16F6N2O2/c1-8-4-13(15(27)17(21,22)23)25(7-8)9-2-3-12-10(5-9)11(16(18,19)20)6-14(26)24-12/h2-3,5-6,8,13,15,27H,4,7H2,1H3,(H,24,26)/t8-,13-,15-/m1/s1. The first kappa shape index (κ1) is 19.5. The number of alkyl halides is 6. The molecule has 1 fully saturated rings. The van der Waals surface area contributed by atoms with E-state index in [1.807, 2.05) is 0 Å². The number of fused-ring (bicyclic) bond motifs is 1. The second-order valence-corrected chi connectivity index (χ2v) is 6.82. The van der Waals surface area contributed by atoms with Gasteiger partial charge in [-0.3, -0.25) is 4.79 Å². The van der Waals surface area contributed by atoms with Gasteiger partial charge in [0, 0.05) is 29.2 Å². The van der Waals surface area contributed by atoms with Gasteiger partial charge in [-0.05, 0) is 30.5 Å². The van der Waals surface area contributed by atoms with Crippen molar-refractivity contribution < 1.29 is 31.4 Å². The Morgan fingerprint density at radius 3 is 2.44 bits per heavy atom. The van der Waals surface area contributed by atoms with E-state index in [-0.39, 0.29) is 35.5 Å². The third kappa shape index (κ3) is 3.76. The predicted molar refractivity (Wildman–Crippen MR) is 86.5 cm³/mol. The molecule has 2 heterocycles. The number of H-pyrrole nitrogens is 1. The molecule has 148 valence electrons. The Balaban J connectivity index is 2.11. The average Bonchev–Trinajstić information content (AvgIpc) is 2.92. The van der Waals surface area contributed by atoms with Gasteiger partial charge < -0.3 is 15.0 Å². The Kier molecular flexibility index (Phi) is 4.65. The van der Waals surface area contributed by atoms with Gasteiger partial charge in [0.05, 0.1) is 11.6 Å². The number of nitrogens with one attached hydrogen (secondary N) is 1. The Bertz CT molecular complexity index is 905. The monoisotopic (exact) mass is 394 g/mol. The van der Waals surface area contributed by atoms with Crippen LogP contribution in [0, 0.1) is 5.92 Å². The van der Waals surface area contributed by atoms with Crippen molar-refractivity contribution in [2.24, 2.45) is 5.92 Å². The second-order valence-electron chi connectivity index (χ2n) is 6.82. The lowest BCUT2D eigenvalue weighted by Crippen LogP contribution is -2.47. The van der Waals surface area contributed by atoms with Gasteiger partial charge in [0.25, 0.3) is 0 Å². The van der Waals surface area contributed by atoms with Crippen LogP contribution in [0.25, 0.3) is 10.9 Å². The van der Waals surface area contributed by atoms with Crippen molar-refractivity contribution in [2.75, 3.05) is 11.4 Å². The highest BCUT2D eigenvalue weighted by Gasteiger charge is 2.48. The van der Waals surface area contributed by atoms with Crippen LogP contribution in [0.1, 0.15) is 18.9 Å². The lowest BCUT2D eigenvalue weighted by molar-refractivity contribution is -0.209. The number of nitrogens with zero attached hydrogens (tertiary/aromatic N) is 1. The van der Waals surface area contributed by atoms with Crippen molar-refractivity contribution in [3.63, 3.8) is 0 Å². The number of aliphatic hydroxyl groups is 1. The maximum atomic E-state index is 13.3. The summed E-state index contributed by atoms with van der Waals surface area (Å²) >= 11 is 0.